The minimum Gasteiger partial charge on any atom is -0.497 e. The van der Waals surface area contributed by atoms with Crippen LogP contribution in [0.3, 0.4) is 0 Å². The number of hydrogen-bond donors (Lipinski definition) is 0. The van der Waals surface area contributed by atoms with Crippen LogP contribution in [0.5, 0.6) is 5.75 Å². The molecule has 1 heterocycles. The van der Waals surface area contributed by atoms with Gasteiger partial charge in [0.2, 0.25) is 0 Å². The van der Waals surface area contributed by atoms with Gasteiger partial charge < -0.3 is 19.1 Å². The fourth-order valence-electron chi connectivity index (χ4n) is 3.99. The van der Waals surface area contributed by atoms with Crippen LogP contribution in [0, 0.1) is 6.92 Å². The van der Waals surface area contributed by atoms with Crippen LogP contribution in [0.15, 0.2) is 42.5 Å². The first-order chi connectivity index (χ1) is 14.2. The minimum atomic E-state index is -0.694. The first kappa shape index (κ1) is 22.4. The Labute approximate surface area is 183 Å². The number of anilines is 1. The minimum absolute atomic E-state index is 0.0427. The highest BCUT2D eigenvalue weighted by atomic mass is 35.5. The van der Waals surface area contributed by atoms with E-state index in [9.17, 15) is 4.79 Å². The molecular weight excluding hydrogens is 402 g/mol. The summed E-state index contributed by atoms with van der Waals surface area (Å²) in [6, 6.07) is 14.1. The highest BCUT2D eigenvalue weighted by Crippen LogP contribution is 2.42. The smallest absolute Gasteiger partial charge is 0.303 e. The molecule has 0 bridgehead atoms. The van der Waals surface area contributed by atoms with Crippen molar-refractivity contribution in [3.63, 3.8) is 0 Å². The maximum atomic E-state index is 11.4. The van der Waals surface area contributed by atoms with E-state index in [1.165, 1.54) is 6.92 Å². The molecule has 162 valence electrons. The van der Waals surface area contributed by atoms with Crippen molar-refractivity contribution in [2.24, 2.45) is 0 Å². The topological polar surface area (TPSA) is 48.0 Å². The molecule has 0 aromatic heterocycles. The summed E-state index contributed by atoms with van der Waals surface area (Å²) in [6.07, 6.45) is 0.762. The zero-order valence-electron chi connectivity index (χ0n) is 18.3. The summed E-state index contributed by atoms with van der Waals surface area (Å²) in [4.78, 5) is 13.7. The van der Waals surface area contributed by atoms with Crippen molar-refractivity contribution in [2.45, 2.75) is 51.9 Å². The molecule has 2 aromatic carbocycles. The number of carbonyl (C=O) groups excluding carboxylic acids is 1. The lowest BCUT2D eigenvalue weighted by Gasteiger charge is -2.33. The van der Waals surface area contributed by atoms with Crippen LogP contribution in [0.4, 0.5) is 5.69 Å². The molecular formula is C24H30ClNO4. The second-order valence-corrected chi connectivity index (χ2v) is 8.68. The lowest BCUT2D eigenvalue weighted by Crippen LogP contribution is -2.36. The predicted molar refractivity (Wildman–Crippen MR) is 119 cm³/mol. The molecule has 0 amide bonds. The molecule has 0 N–H and O–H groups in total. The Bertz CT molecular complexity index is 881. The molecule has 2 atom stereocenters. The number of rotatable bonds is 7. The summed E-state index contributed by atoms with van der Waals surface area (Å²) < 4.78 is 17.0. The van der Waals surface area contributed by atoms with Gasteiger partial charge in [-0.2, -0.15) is 0 Å². The monoisotopic (exact) mass is 431 g/mol. The zero-order valence-corrected chi connectivity index (χ0v) is 19.0. The maximum Gasteiger partial charge on any atom is 0.303 e. The van der Waals surface area contributed by atoms with Crippen LogP contribution in [0.2, 0.25) is 5.02 Å². The fraction of sp³-hybridized carbons (Fsp3) is 0.458. The number of nitrogens with zero attached hydrogens (tertiary/aromatic N) is 1. The number of methoxy groups -OCH3 is 1. The van der Waals surface area contributed by atoms with Gasteiger partial charge in [0, 0.05) is 24.2 Å². The van der Waals surface area contributed by atoms with E-state index in [0.29, 0.717) is 6.61 Å². The van der Waals surface area contributed by atoms with Gasteiger partial charge in [0.1, 0.15) is 11.4 Å². The number of halogens is 1. The van der Waals surface area contributed by atoms with Crippen molar-refractivity contribution in [1.82, 2.24) is 0 Å². The molecule has 2 aromatic rings. The van der Waals surface area contributed by atoms with Crippen molar-refractivity contribution in [2.75, 3.05) is 25.2 Å². The van der Waals surface area contributed by atoms with Gasteiger partial charge in [0.15, 0.2) is 0 Å². The summed E-state index contributed by atoms with van der Waals surface area (Å²) in [5.41, 5.74) is 2.47. The Balaban J connectivity index is 1.90. The Morgan fingerprint density at radius 3 is 2.53 bits per heavy atom. The Hall–Kier alpha value is -2.24. The average Bonchev–Trinajstić information content (AvgIpc) is 3.11. The molecule has 1 saturated heterocycles. The third-order valence-electron chi connectivity index (χ3n) is 5.35. The first-order valence-electron chi connectivity index (χ1n) is 10.2. The van der Waals surface area contributed by atoms with Gasteiger partial charge in [0.05, 0.1) is 25.9 Å². The van der Waals surface area contributed by atoms with Gasteiger partial charge in [-0.05, 0) is 62.6 Å². The largest absolute Gasteiger partial charge is 0.497 e. The summed E-state index contributed by atoms with van der Waals surface area (Å²) in [5, 5.41) is 0.760. The van der Waals surface area contributed by atoms with Gasteiger partial charge in [-0.25, -0.2) is 0 Å². The van der Waals surface area contributed by atoms with E-state index in [1.54, 1.807) is 7.11 Å². The first-order valence-corrected chi connectivity index (χ1v) is 10.6. The Morgan fingerprint density at radius 2 is 1.90 bits per heavy atom. The number of benzene rings is 2. The predicted octanol–water partition coefficient (Wildman–Crippen LogP) is 5.34. The highest BCUT2D eigenvalue weighted by molar-refractivity contribution is 6.32. The number of ether oxygens (including phenoxy) is 3. The van der Waals surface area contributed by atoms with Crippen LogP contribution < -0.4 is 9.64 Å². The van der Waals surface area contributed by atoms with Crippen LogP contribution in [0.1, 0.15) is 44.4 Å². The quantitative estimate of drug-likeness (QED) is 0.554. The molecule has 0 aliphatic carbocycles. The van der Waals surface area contributed by atoms with E-state index in [0.717, 1.165) is 40.6 Å². The van der Waals surface area contributed by atoms with E-state index < -0.39 is 5.60 Å². The Kier molecular flexibility index (Phi) is 6.94. The SMILES string of the molecule is COc1ccc(N2CC[C@@H](OCC(C)(C)OC(C)=O)[C@H]2c2cccc(C)c2Cl)cc1. The fourth-order valence-corrected chi connectivity index (χ4v) is 4.23. The van der Waals surface area contributed by atoms with Crippen LogP contribution in [-0.4, -0.2) is 37.9 Å². The van der Waals surface area contributed by atoms with E-state index in [-0.39, 0.29) is 18.1 Å². The van der Waals surface area contributed by atoms with Gasteiger partial charge in [-0.15, -0.1) is 0 Å². The van der Waals surface area contributed by atoms with Crippen LogP contribution in [-0.2, 0) is 14.3 Å². The van der Waals surface area contributed by atoms with Crippen molar-refractivity contribution >= 4 is 23.3 Å². The molecule has 0 radical (unpaired) electrons. The number of aryl methyl sites for hydroxylation is 1. The molecule has 0 saturated carbocycles. The summed E-state index contributed by atoms with van der Waals surface area (Å²) in [7, 11) is 1.66. The van der Waals surface area contributed by atoms with Crippen LogP contribution in [0.25, 0.3) is 0 Å². The highest BCUT2D eigenvalue weighted by Gasteiger charge is 2.39. The average molecular weight is 432 g/mol. The van der Waals surface area contributed by atoms with Gasteiger partial charge in [-0.3, -0.25) is 4.79 Å². The van der Waals surface area contributed by atoms with E-state index >= 15 is 0 Å². The second-order valence-electron chi connectivity index (χ2n) is 8.31. The standard InChI is InChI=1S/C24H30ClNO4/c1-16-7-6-8-20(22(16)25)23-21(29-15-24(3,4)30-17(2)27)13-14-26(23)18-9-11-19(28-5)12-10-18/h6-12,21,23H,13-15H2,1-5H3/t21-,23-/m1/s1. The van der Waals surface area contributed by atoms with E-state index in [4.69, 9.17) is 25.8 Å². The molecule has 5 nitrogen and oxygen atoms in total. The summed E-state index contributed by atoms with van der Waals surface area (Å²) in [6.45, 7) is 8.29. The summed E-state index contributed by atoms with van der Waals surface area (Å²) >= 11 is 6.73. The maximum absolute atomic E-state index is 11.4. The van der Waals surface area contributed by atoms with Crippen molar-refractivity contribution < 1.29 is 19.0 Å². The molecule has 1 fully saturated rings. The van der Waals surface area contributed by atoms with Gasteiger partial charge >= 0.3 is 5.97 Å². The zero-order chi connectivity index (χ0) is 21.9. The molecule has 30 heavy (non-hydrogen) atoms. The molecule has 0 unspecified atom stereocenters. The van der Waals surface area contributed by atoms with Crippen LogP contribution >= 0.6 is 11.6 Å². The van der Waals surface area contributed by atoms with Crippen molar-refractivity contribution in [3.05, 3.63) is 58.6 Å². The second kappa shape index (κ2) is 9.27. The number of esters is 1. The molecule has 1 aliphatic heterocycles. The third-order valence-corrected chi connectivity index (χ3v) is 5.87. The Morgan fingerprint density at radius 1 is 1.20 bits per heavy atom. The molecule has 6 heteroatoms. The summed E-state index contributed by atoms with van der Waals surface area (Å²) in [5.74, 6) is 0.507. The molecule has 1 aliphatic rings. The van der Waals surface area contributed by atoms with Gasteiger partial charge in [0.25, 0.3) is 0 Å². The van der Waals surface area contributed by atoms with E-state index in [1.807, 2.05) is 45.0 Å². The van der Waals surface area contributed by atoms with Crippen molar-refractivity contribution in [3.8, 4) is 5.75 Å². The van der Waals surface area contributed by atoms with Crippen molar-refractivity contribution in [1.29, 1.82) is 0 Å². The normalized spacial score (nSPS) is 19.1. The lowest BCUT2D eigenvalue weighted by atomic mass is 9.99. The third kappa shape index (κ3) is 5.08. The van der Waals surface area contributed by atoms with Gasteiger partial charge in [-0.1, -0.05) is 29.8 Å². The lowest BCUT2D eigenvalue weighted by molar-refractivity contribution is -0.161. The van der Waals surface area contributed by atoms with E-state index in [2.05, 4.69) is 23.1 Å². The number of carbonyl (C=O) groups is 1. The molecule has 3 rings (SSSR count). The molecule has 0 spiro atoms. The number of hydrogen-bond acceptors (Lipinski definition) is 5.